The fraction of sp³-hybridized carbons (Fsp3) is 0.643. The van der Waals surface area contributed by atoms with Gasteiger partial charge in [0.05, 0.1) is 6.10 Å². The smallest absolute Gasteiger partial charge is 0.128 e. The molecular formula is C14H21BrN2O. The quantitative estimate of drug-likeness (QED) is 0.850. The Labute approximate surface area is 118 Å². The van der Waals surface area contributed by atoms with Gasteiger partial charge in [0.15, 0.2) is 0 Å². The summed E-state index contributed by atoms with van der Waals surface area (Å²) in [4.78, 5) is 6.84. The van der Waals surface area contributed by atoms with E-state index in [2.05, 4.69) is 45.7 Å². The third-order valence-corrected chi connectivity index (χ3v) is 4.12. The van der Waals surface area contributed by atoms with E-state index in [1.165, 1.54) is 18.4 Å². The van der Waals surface area contributed by atoms with E-state index >= 15 is 0 Å². The van der Waals surface area contributed by atoms with Gasteiger partial charge in [-0.05, 0) is 53.7 Å². The molecule has 0 N–H and O–H groups in total. The fourth-order valence-corrected chi connectivity index (χ4v) is 2.48. The second-order valence-corrected chi connectivity index (χ2v) is 5.73. The molecule has 0 radical (unpaired) electrons. The predicted molar refractivity (Wildman–Crippen MR) is 78.2 cm³/mol. The number of piperidine rings is 1. The highest BCUT2D eigenvalue weighted by atomic mass is 79.9. The molecule has 2 rings (SSSR count). The Morgan fingerprint density at radius 2 is 2.39 bits per heavy atom. The second kappa shape index (κ2) is 6.53. The number of aryl methyl sites for hydroxylation is 1. The van der Waals surface area contributed by atoms with E-state index in [1.54, 1.807) is 0 Å². The van der Waals surface area contributed by atoms with Gasteiger partial charge in [-0.1, -0.05) is 6.92 Å². The SMILES string of the molecule is CCCOC1CCCN(c2cc(C)c(Br)cn2)C1. The van der Waals surface area contributed by atoms with E-state index in [0.29, 0.717) is 6.10 Å². The Bertz CT molecular complexity index is 397. The summed E-state index contributed by atoms with van der Waals surface area (Å²) in [5.41, 5.74) is 1.23. The average Bonchev–Trinajstić information content (AvgIpc) is 2.40. The summed E-state index contributed by atoms with van der Waals surface area (Å²) >= 11 is 3.49. The van der Waals surface area contributed by atoms with Crippen molar-refractivity contribution in [1.29, 1.82) is 0 Å². The van der Waals surface area contributed by atoms with Crippen molar-refractivity contribution in [2.45, 2.75) is 39.2 Å². The molecular weight excluding hydrogens is 292 g/mol. The first-order valence-electron chi connectivity index (χ1n) is 6.69. The maximum atomic E-state index is 5.86. The molecule has 1 aromatic heterocycles. The summed E-state index contributed by atoms with van der Waals surface area (Å²) in [5, 5.41) is 0. The number of hydrogen-bond donors (Lipinski definition) is 0. The molecule has 18 heavy (non-hydrogen) atoms. The van der Waals surface area contributed by atoms with Crippen molar-refractivity contribution in [3.63, 3.8) is 0 Å². The number of anilines is 1. The van der Waals surface area contributed by atoms with Crippen molar-refractivity contribution >= 4 is 21.7 Å². The van der Waals surface area contributed by atoms with Crippen molar-refractivity contribution in [3.8, 4) is 0 Å². The highest BCUT2D eigenvalue weighted by molar-refractivity contribution is 9.10. The molecule has 4 heteroatoms. The molecule has 0 aromatic carbocycles. The molecule has 2 heterocycles. The summed E-state index contributed by atoms with van der Waals surface area (Å²) in [6, 6.07) is 2.15. The summed E-state index contributed by atoms with van der Waals surface area (Å²) < 4.78 is 6.93. The number of ether oxygens (including phenoxy) is 1. The minimum Gasteiger partial charge on any atom is -0.376 e. The molecule has 0 spiro atoms. The molecule has 1 fully saturated rings. The lowest BCUT2D eigenvalue weighted by Gasteiger charge is -2.33. The van der Waals surface area contributed by atoms with Crippen molar-refractivity contribution < 1.29 is 4.74 Å². The minimum absolute atomic E-state index is 0.365. The van der Waals surface area contributed by atoms with Gasteiger partial charge in [-0.3, -0.25) is 0 Å². The monoisotopic (exact) mass is 312 g/mol. The van der Waals surface area contributed by atoms with Gasteiger partial charge in [-0.25, -0.2) is 4.98 Å². The van der Waals surface area contributed by atoms with E-state index in [4.69, 9.17) is 4.74 Å². The van der Waals surface area contributed by atoms with E-state index in [-0.39, 0.29) is 0 Å². The maximum absolute atomic E-state index is 5.86. The average molecular weight is 313 g/mol. The Hall–Kier alpha value is -0.610. The van der Waals surface area contributed by atoms with Crippen molar-refractivity contribution in [3.05, 3.63) is 22.3 Å². The van der Waals surface area contributed by atoms with Gasteiger partial charge < -0.3 is 9.64 Å². The van der Waals surface area contributed by atoms with Crippen molar-refractivity contribution in [1.82, 2.24) is 4.98 Å². The maximum Gasteiger partial charge on any atom is 0.128 e. The number of hydrogen-bond acceptors (Lipinski definition) is 3. The van der Waals surface area contributed by atoms with Gasteiger partial charge in [0, 0.05) is 30.4 Å². The van der Waals surface area contributed by atoms with Crippen LogP contribution in [0.1, 0.15) is 31.7 Å². The van der Waals surface area contributed by atoms with E-state index < -0.39 is 0 Å². The van der Waals surface area contributed by atoms with Crippen molar-refractivity contribution in [2.75, 3.05) is 24.6 Å². The summed E-state index contributed by atoms with van der Waals surface area (Å²) in [6.45, 7) is 7.17. The van der Waals surface area contributed by atoms with Crippen LogP contribution in [0.2, 0.25) is 0 Å². The Morgan fingerprint density at radius 1 is 1.56 bits per heavy atom. The number of nitrogens with zero attached hydrogens (tertiary/aromatic N) is 2. The molecule has 1 aliphatic rings. The first-order chi connectivity index (χ1) is 8.70. The lowest BCUT2D eigenvalue weighted by molar-refractivity contribution is 0.0439. The fourth-order valence-electron chi connectivity index (χ4n) is 2.26. The van der Waals surface area contributed by atoms with E-state index in [1.807, 2.05) is 6.20 Å². The van der Waals surface area contributed by atoms with E-state index in [0.717, 1.165) is 36.4 Å². The van der Waals surface area contributed by atoms with Crippen LogP contribution < -0.4 is 4.90 Å². The Morgan fingerprint density at radius 3 is 3.11 bits per heavy atom. The first-order valence-corrected chi connectivity index (χ1v) is 7.48. The normalized spacial score (nSPS) is 20.2. The third-order valence-electron chi connectivity index (χ3n) is 3.29. The van der Waals surface area contributed by atoms with Crippen LogP contribution in [0.3, 0.4) is 0 Å². The predicted octanol–water partition coefficient (Wildman–Crippen LogP) is 3.55. The van der Waals surface area contributed by atoms with Crippen LogP contribution in [-0.4, -0.2) is 30.8 Å². The molecule has 0 saturated carbocycles. The van der Waals surface area contributed by atoms with Crippen LogP contribution in [-0.2, 0) is 4.74 Å². The minimum atomic E-state index is 0.365. The van der Waals surface area contributed by atoms with Crippen LogP contribution in [0, 0.1) is 6.92 Å². The summed E-state index contributed by atoms with van der Waals surface area (Å²) in [5.74, 6) is 1.07. The molecule has 1 aromatic rings. The van der Waals surface area contributed by atoms with Gasteiger partial charge in [-0.2, -0.15) is 0 Å². The molecule has 1 unspecified atom stereocenters. The lowest BCUT2D eigenvalue weighted by atomic mass is 10.1. The third kappa shape index (κ3) is 3.45. The largest absolute Gasteiger partial charge is 0.376 e. The van der Waals surface area contributed by atoms with Crippen LogP contribution >= 0.6 is 15.9 Å². The van der Waals surface area contributed by atoms with Gasteiger partial charge in [0.1, 0.15) is 5.82 Å². The number of rotatable bonds is 4. The molecule has 100 valence electrons. The molecule has 0 bridgehead atoms. The van der Waals surface area contributed by atoms with Gasteiger partial charge in [-0.15, -0.1) is 0 Å². The molecule has 3 nitrogen and oxygen atoms in total. The lowest BCUT2D eigenvalue weighted by Crippen LogP contribution is -2.40. The zero-order chi connectivity index (χ0) is 13.0. The standard InChI is InChI=1S/C14H21BrN2O/c1-3-7-18-12-5-4-6-17(10-12)14-8-11(2)13(15)9-16-14/h8-9,12H,3-7,10H2,1-2H3. The van der Waals surface area contributed by atoms with Crippen LogP contribution in [0.5, 0.6) is 0 Å². The molecule has 1 atom stereocenters. The molecule has 0 amide bonds. The van der Waals surface area contributed by atoms with Gasteiger partial charge >= 0.3 is 0 Å². The highest BCUT2D eigenvalue weighted by Gasteiger charge is 2.21. The topological polar surface area (TPSA) is 25.4 Å². The second-order valence-electron chi connectivity index (χ2n) is 4.87. The number of halogens is 1. The zero-order valence-electron chi connectivity index (χ0n) is 11.2. The Balaban J connectivity index is 2.01. The van der Waals surface area contributed by atoms with Crippen LogP contribution in [0.4, 0.5) is 5.82 Å². The number of pyridine rings is 1. The molecule has 1 aliphatic heterocycles. The highest BCUT2D eigenvalue weighted by Crippen LogP contribution is 2.23. The number of aromatic nitrogens is 1. The molecule has 1 saturated heterocycles. The van der Waals surface area contributed by atoms with Gasteiger partial charge in [0.25, 0.3) is 0 Å². The Kier molecular flexibility index (Phi) is 5.01. The first kappa shape index (κ1) is 13.8. The van der Waals surface area contributed by atoms with E-state index in [9.17, 15) is 0 Å². The zero-order valence-corrected chi connectivity index (χ0v) is 12.7. The van der Waals surface area contributed by atoms with Crippen LogP contribution in [0.15, 0.2) is 16.7 Å². The van der Waals surface area contributed by atoms with Crippen LogP contribution in [0.25, 0.3) is 0 Å². The van der Waals surface area contributed by atoms with Gasteiger partial charge in [0.2, 0.25) is 0 Å². The summed E-state index contributed by atoms with van der Waals surface area (Å²) in [6.07, 6.45) is 5.70. The van der Waals surface area contributed by atoms with Crippen molar-refractivity contribution in [2.24, 2.45) is 0 Å². The molecule has 0 aliphatic carbocycles. The summed E-state index contributed by atoms with van der Waals surface area (Å²) in [7, 11) is 0.